The minimum atomic E-state index is 0.503. The molecule has 0 unspecified atom stereocenters. The van der Waals surface area contributed by atoms with Gasteiger partial charge in [-0.25, -0.2) is 0 Å². The van der Waals surface area contributed by atoms with Gasteiger partial charge < -0.3 is 15.0 Å². The molecule has 1 aliphatic rings. The highest BCUT2D eigenvalue weighted by Crippen LogP contribution is 2.07. The van der Waals surface area contributed by atoms with Gasteiger partial charge in [0, 0.05) is 25.3 Å². The van der Waals surface area contributed by atoms with Crippen LogP contribution < -0.4 is 5.32 Å². The molecule has 0 aromatic carbocycles. The molecule has 20 heavy (non-hydrogen) atoms. The van der Waals surface area contributed by atoms with Gasteiger partial charge in [0.05, 0.1) is 18.9 Å². The van der Waals surface area contributed by atoms with Crippen LogP contribution in [-0.2, 0) is 17.9 Å². The van der Waals surface area contributed by atoms with Crippen LogP contribution in [0, 0.1) is 0 Å². The summed E-state index contributed by atoms with van der Waals surface area (Å²) >= 11 is 0. The number of ether oxygens (including phenoxy) is 1. The largest absolute Gasteiger partial charge is 0.374 e. The summed E-state index contributed by atoms with van der Waals surface area (Å²) in [6.07, 6.45) is 4.62. The summed E-state index contributed by atoms with van der Waals surface area (Å²) in [7, 11) is 0. The van der Waals surface area contributed by atoms with Crippen molar-refractivity contribution in [2.75, 3.05) is 26.2 Å². The molecule has 0 saturated carbocycles. The molecule has 0 radical (unpaired) electrons. The summed E-state index contributed by atoms with van der Waals surface area (Å²) < 4.78 is 5.70. The molecule has 112 valence electrons. The highest BCUT2D eigenvalue weighted by Gasteiger charge is 2.10. The highest BCUT2D eigenvalue weighted by atomic mass is 16.5. The summed E-state index contributed by atoms with van der Waals surface area (Å²) in [6, 6.07) is 4.69. The summed E-state index contributed by atoms with van der Waals surface area (Å²) in [5, 5.41) is 3.39. The summed E-state index contributed by atoms with van der Waals surface area (Å²) in [5.74, 6) is 0. The molecule has 1 aromatic heterocycles. The number of nitrogens with one attached hydrogen (secondary N) is 1. The van der Waals surface area contributed by atoms with Crippen LogP contribution in [0.4, 0.5) is 0 Å². The monoisotopic (exact) mass is 277 g/mol. The van der Waals surface area contributed by atoms with Crippen LogP contribution in [-0.4, -0.2) is 42.2 Å². The van der Waals surface area contributed by atoms with Crippen molar-refractivity contribution in [3.8, 4) is 0 Å². The smallest absolute Gasteiger partial charge is 0.0888 e. The maximum Gasteiger partial charge on any atom is 0.0888 e. The molecule has 0 aliphatic carbocycles. The van der Waals surface area contributed by atoms with E-state index in [0.29, 0.717) is 12.6 Å². The first kappa shape index (κ1) is 15.4. The molecule has 2 rings (SSSR count). The molecule has 0 amide bonds. The molecule has 1 saturated heterocycles. The number of likely N-dealkylation sites (tertiary alicyclic amines) is 1. The normalized spacial score (nSPS) is 16.1. The Kier molecular flexibility index (Phi) is 6.43. The van der Waals surface area contributed by atoms with Crippen LogP contribution in [0.25, 0.3) is 0 Å². The van der Waals surface area contributed by atoms with Crippen molar-refractivity contribution in [3.63, 3.8) is 0 Å². The van der Waals surface area contributed by atoms with E-state index in [9.17, 15) is 0 Å². The Morgan fingerprint density at radius 3 is 2.75 bits per heavy atom. The second-order valence-corrected chi connectivity index (χ2v) is 5.79. The van der Waals surface area contributed by atoms with E-state index < -0.39 is 0 Å². The van der Waals surface area contributed by atoms with E-state index in [0.717, 1.165) is 25.4 Å². The fourth-order valence-electron chi connectivity index (χ4n) is 2.34. The lowest BCUT2D eigenvalue weighted by Crippen LogP contribution is -2.24. The second kappa shape index (κ2) is 8.35. The van der Waals surface area contributed by atoms with Crippen LogP contribution in [0.2, 0.25) is 0 Å². The van der Waals surface area contributed by atoms with Gasteiger partial charge in [0.25, 0.3) is 0 Å². The third kappa shape index (κ3) is 5.57. The number of pyridine rings is 1. The Labute approximate surface area is 122 Å². The maximum absolute atomic E-state index is 5.70. The Balaban J connectivity index is 1.62. The van der Waals surface area contributed by atoms with E-state index in [1.54, 1.807) is 0 Å². The Morgan fingerprint density at radius 1 is 1.30 bits per heavy atom. The van der Waals surface area contributed by atoms with Gasteiger partial charge in [0.2, 0.25) is 0 Å². The lowest BCUT2D eigenvalue weighted by atomic mass is 10.2. The van der Waals surface area contributed by atoms with Gasteiger partial charge in [-0.05, 0) is 37.6 Å². The maximum atomic E-state index is 5.70. The average molecular weight is 277 g/mol. The predicted octanol–water partition coefficient (Wildman–Crippen LogP) is 2.19. The summed E-state index contributed by atoms with van der Waals surface area (Å²) in [4.78, 5) is 6.91. The van der Waals surface area contributed by atoms with E-state index >= 15 is 0 Å². The molecule has 0 atom stereocenters. The number of aromatic nitrogens is 1. The van der Waals surface area contributed by atoms with Crippen LogP contribution in [0.3, 0.4) is 0 Å². The van der Waals surface area contributed by atoms with Gasteiger partial charge in [-0.1, -0.05) is 19.9 Å². The first-order valence-electron chi connectivity index (χ1n) is 7.71. The van der Waals surface area contributed by atoms with Crippen LogP contribution in [0.15, 0.2) is 18.3 Å². The topological polar surface area (TPSA) is 37.4 Å². The van der Waals surface area contributed by atoms with E-state index in [-0.39, 0.29) is 0 Å². The summed E-state index contributed by atoms with van der Waals surface area (Å²) in [6.45, 7) is 10.1. The van der Waals surface area contributed by atoms with Gasteiger partial charge in [-0.15, -0.1) is 0 Å². The van der Waals surface area contributed by atoms with Crippen molar-refractivity contribution in [1.82, 2.24) is 15.2 Å². The van der Waals surface area contributed by atoms with Crippen molar-refractivity contribution < 1.29 is 4.74 Å². The Morgan fingerprint density at radius 2 is 2.10 bits per heavy atom. The van der Waals surface area contributed by atoms with Crippen LogP contribution in [0.1, 0.15) is 37.9 Å². The first-order valence-corrected chi connectivity index (χ1v) is 7.71. The zero-order valence-electron chi connectivity index (χ0n) is 12.8. The second-order valence-electron chi connectivity index (χ2n) is 5.79. The molecule has 0 bridgehead atoms. The molecule has 1 aromatic rings. The molecule has 4 heteroatoms. The van der Waals surface area contributed by atoms with E-state index in [2.05, 4.69) is 41.2 Å². The molecular weight excluding hydrogens is 250 g/mol. The number of hydrogen-bond donors (Lipinski definition) is 1. The molecule has 0 spiro atoms. The standard InChI is InChI=1S/C16H27N3O/c1-14(2)17-11-15-5-6-16(18-12-15)13-20-10-9-19-7-3-4-8-19/h5-6,12,14,17H,3-4,7-11,13H2,1-2H3. The molecule has 1 N–H and O–H groups in total. The van der Waals surface area contributed by atoms with Gasteiger partial charge in [-0.3, -0.25) is 4.98 Å². The Hall–Kier alpha value is -0.970. The molecule has 1 fully saturated rings. The SMILES string of the molecule is CC(C)NCc1ccc(COCCN2CCCC2)nc1. The third-order valence-electron chi connectivity index (χ3n) is 3.60. The quantitative estimate of drug-likeness (QED) is 0.739. The fraction of sp³-hybridized carbons (Fsp3) is 0.688. The summed E-state index contributed by atoms with van der Waals surface area (Å²) in [5.41, 5.74) is 2.24. The number of hydrogen-bond acceptors (Lipinski definition) is 4. The van der Waals surface area contributed by atoms with Gasteiger partial charge >= 0.3 is 0 Å². The van der Waals surface area contributed by atoms with Gasteiger partial charge in [0.15, 0.2) is 0 Å². The van der Waals surface area contributed by atoms with E-state index in [1.165, 1.54) is 31.5 Å². The first-order chi connectivity index (χ1) is 9.74. The lowest BCUT2D eigenvalue weighted by Gasteiger charge is -2.14. The van der Waals surface area contributed by atoms with Gasteiger partial charge in [0.1, 0.15) is 0 Å². The van der Waals surface area contributed by atoms with Crippen LogP contribution >= 0.6 is 0 Å². The van der Waals surface area contributed by atoms with Crippen molar-refractivity contribution in [3.05, 3.63) is 29.6 Å². The fourth-order valence-corrected chi connectivity index (χ4v) is 2.34. The van der Waals surface area contributed by atoms with Crippen molar-refractivity contribution >= 4 is 0 Å². The Bertz CT molecular complexity index is 372. The average Bonchev–Trinajstić information content (AvgIpc) is 2.96. The minimum Gasteiger partial charge on any atom is -0.374 e. The van der Waals surface area contributed by atoms with Crippen molar-refractivity contribution in [2.45, 2.75) is 45.9 Å². The minimum absolute atomic E-state index is 0.503. The van der Waals surface area contributed by atoms with E-state index in [4.69, 9.17) is 4.74 Å². The number of nitrogens with zero attached hydrogens (tertiary/aromatic N) is 2. The zero-order chi connectivity index (χ0) is 14.2. The molecule has 2 heterocycles. The molecule has 4 nitrogen and oxygen atoms in total. The predicted molar refractivity (Wildman–Crippen MR) is 81.5 cm³/mol. The number of rotatable bonds is 8. The molecular formula is C16H27N3O. The van der Waals surface area contributed by atoms with E-state index in [1.807, 2.05) is 6.20 Å². The molecule has 1 aliphatic heterocycles. The van der Waals surface area contributed by atoms with Gasteiger partial charge in [-0.2, -0.15) is 0 Å². The van der Waals surface area contributed by atoms with Crippen molar-refractivity contribution in [2.24, 2.45) is 0 Å². The lowest BCUT2D eigenvalue weighted by molar-refractivity contribution is 0.0971. The van der Waals surface area contributed by atoms with Crippen molar-refractivity contribution in [1.29, 1.82) is 0 Å². The highest BCUT2D eigenvalue weighted by molar-refractivity contribution is 5.13. The zero-order valence-corrected chi connectivity index (χ0v) is 12.8. The third-order valence-corrected chi connectivity index (χ3v) is 3.60. The van der Waals surface area contributed by atoms with Crippen LogP contribution in [0.5, 0.6) is 0 Å².